The van der Waals surface area contributed by atoms with Crippen LogP contribution in [0.1, 0.15) is 24.8 Å². The van der Waals surface area contributed by atoms with Gasteiger partial charge in [0.1, 0.15) is 0 Å². The standard InChI is InChI=1S/C15H21ClN2O/c16-12-2-3-14(18-6-8-19-9-7-18)13(10-12)15(11-17)4-1-5-15/h2-3,10H,1,4-9,11,17H2. The van der Waals surface area contributed by atoms with E-state index in [1.165, 1.54) is 30.5 Å². The number of halogens is 1. The summed E-state index contributed by atoms with van der Waals surface area (Å²) in [4.78, 5) is 2.41. The van der Waals surface area contributed by atoms with Gasteiger partial charge in [-0.05, 0) is 36.6 Å². The monoisotopic (exact) mass is 280 g/mol. The first-order valence-electron chi connectivity index (χ1n) is 7.08. The molecule has 1 aromatic carbocycles. The van der Waals surface area contributed by atoms with E-state index in [0.29, 0.717) is 6.54 Å². The molecule has 0 atom stereocenters. The van der Waals surface area contributed by atoms with Crippen molar-refractivity contribution in [1.29, 1.82) is 0 Å². The molecule has 0 amide bonds. The van der Waals surface area contributed by atoms with Crippen LogP contribution in [-0.2, 0) is 10.2 Å². The summed E-state index contributed by atoms with van der Waals surface area (Å²) in [6.07, 6.45) is 3.63. The zero-order chi connectivity index (χ0) is 13.3. The number of ether oxygens (including phenoxy) is 1. The van der Waals surface area contributed by atoms with Crippen LogP contribution in [-0.4, -0.2) is 32.8 Å². The van der Waals surface area contributed by atoms with Gasteiger partial charge in [-0.3, -0.25) is 0 Å². The zero-order valence-corrected chi connectivity index (χ0v) is 12.0. The lowest BCUT2D eigenvalue weighted by atomic mass is 9.64. The molecular weight excluding hydrogens is 260 g/mol. The number of nitrogens with zero attached hydrogens (tertiary/aromatic N) is 1. The summed E-state index contributed by atoms with van der Waals surface area (Å²) < 4.78 is 5.44. The van der Waals surface area contributed by atoms with E-state index in [9.17, 15) is 0 Å². The van der Waals surface area contributed by atoms with Crippen LogP contribution in [0.25, 0.3) is 0 Å². The number of benzene rings is 1. The maximum atomic E-state index is 6.22. The first-order chi connectivity index (χ1) is 9.25. The molecule has 104 valence electrons. The molecule has 2 aliphatic rings. The van der Waals surface area contributed by atoms with Gasteiger partial charge in [-0.25, -0.2) is 0 Å². The molecule has 4 heteroatoms. The SMILES string of the molecule is NCC1(c2cc(Cl)ccc2N2CCOCC2)CCC1. The molecule has 3 rings (SSSR count). The average Bonchev–Trinajstić information content (AvgIpc) is 2.39. The van der Waals surface area contributed by atoms with Gasteiger partial charge in [0.05, 0.1) is 13.2 Å². The van der Waals surface area contributed by atoms with E-state index in [4.69, 9.17) is 22.1 Å². The quantitative estimate of drug-likeness (QED) is 0.925. The van der Waals surface area contributed by atoms with E-state index in [-0.39, 0.29) is 5.41 Å². The van der Waals surface area contributed by atoms with Crippen LogP contribution in [0.4, 0.5) is 5.69 Å². The van der Waals surface area contributed by atoms with Crippen LogP contribution >= 0.6 is 11.6 Å². The Balaban J connectivity index is 1.98. The van der Waals surface area contributed by atoms with Gasteiger partial charge in [-0.15, -0.1) is 0 Å². The molecule has 2 fully saturated rings. The highest BCUT2D eigenvalue weighted by Crippen LogP contribution is 2.47. The lowest BCUT2D eigenvalue weighted by Gasteiger charge is -2.44. The fourth-order valence-electron chi connectivity index (χ4n) is 3.20. The minimum Gasteiger partial charge on any atom is -0.378 e. The maximum absolute atomic E-state index is 6.22. The van der Waals surface area contributed by atoms with E-state index in [1.54, 1.807) is 0 Å². The summed E-state index contributed by atoms with van der Waals surface area (Å²) in [5, 5.41) is 0.812. The minimum atomic E-state index is 0.151. The number of hydrogen-bond donors (Lipinski definition) is 1. The van der Waals surface area contributed by atoms with Crippen LogP contribution in [0.2, 0.25) is 5.02 Å². The Labute approximate surface area is 119 Å². The van der Waals surface area contributed by atoms with Crippen molar-refractivity contribution in [1.82, 2.24) is 0 Å². The van der Waals surface area contributed by atoms with Gasteiger partial charge in [0, 0.05) is 35.8 Å². The number of hydrogen-bond acceptors (Lipinski definition) is 3. The molecular formula is C15H21ClN2O. The Kier molecular flexibility index (Phi) is 3.70. The Morgan fingerprint density at radius 1 is 1.26 bits per heavy atom. The molecule has 1 aliphatic heterocycles. The van der Waals surface area contributed by atoms with Crippen LogP contribution in [0.3, 0.4) is 0 Å². The highest BCUT2D eigenvalue weighted by atomic mass is 35.5. The highest BCUT2D eigenvalue weighted by molar-refractivity contribution is 6.30. The molecule has 0 spiro atoms. The second-order valence-corrected chi connectivity index (χ2v) is 6.04. The molecule has 1 aromatic rings. The van der Waals surface area contributed by atoms with Gasteiger partial charge < -0.3 is 15.4 Å². The number of morpholine rings is 1. The van der Waals surface area contributed by atoms with Gasteiger partial charge in [-0.1, -0.05) is 18.0 Å². The molecule has 19 heavy (non-hydrogen) atoms. The molecule has 1 saturated heterocycles. The van der Waals surface area contributed by atoms with Crippen molar-refractivity contribution in [2.24, 2.45) is 5.73 Å². The molecule has 1 aliphatic carbocycles. The summed E-state index contributed by atoms with van der Waals surface area (Å²) in [6.45, 7) is 4.23. The van der Waals surface area contributed by atoms with Crippen LogP contribution in [0.15, 0.2) is 18.2 Å². The van der Waals surface area contributed by atoms with E-state index < -0.39 is 0 Å². The molecule has 0 aromatic heterocycles. The number of nitrogens with two attached hydrogens (primary N) is 1. The van der Waals surface area contributed by atoms with Crippen molar-refractivity contribution < 1.29 is 4.74 Å². The predicted molar refractivity (Wildman–Crippen MR) is 79.1 cm³/mol. The minimum absolute atomic E-state index is 0.151. The number of anilines is 1. The van der Waals surface area contributed by atoms with Gasteiger partial charge >= 0.3 is 0 Å². The maximum Gasteiger partial charge on any atom is 0.0642 e. The van der Waals surface area contributed by atoms with Gasteiger partial charge in [-0.2, -0.15) is 0 Å². The summed E-state index contributed by atoms with van der Waals surface area (Å²) >= 11 is 6.22. The fraction of sp³-hybridized carbons (Fsp3) is 0.600. The summed E-state index contributed by atoms with van der Waals surface area (Å²) in [6, 6.07) is 6.26. The third-order valence-corrected chi connectivity index (χ3v) is 4.82. The third-order valence-electron chi connectivity index (χ3n) is 4.58. The van der Waals surface area contributed by atoms with Gasteiger partial charge in [0.15, 0.2) is 0 Å². The van der Waals surface area contributed by atoms with Gasteiger partial charge in [0.2, 0.25) is 0 Å². The third kappa shape index (κ3) is 2.35. The second kappa shape index (κ2) is 5.31. The topological polar surface area (TPSA) is 38.5 Å². The van der Waals surface area contributed by atoms with Crippen molar-refractivity contribution in [3.63, 3.8) is 0 Å². The Hall–Kier alpha value is -0.770. The second-order valence-electron chi connectivity index (χ2n) is 5.60. The van der Waals surface area contributed by atoms with Crippen molar-refractivity contribution in [2.45, 2.75) is 24.7 Å². The smallest absolute Gasteiger partial charge is 0.0642 e. The number of rotatable bonds is 3. The summed E-state index contributed by atoms with van der Waals surface area (Å²) in [5.74, 6) is 0. The van der Waals surface area contributed by atoms with Crippen LogP contribution in [0.5, 0.6) is 0 Å². The van der Waals surface area contributed by atoms with Crippen LogP contribution < -0.4 is 10.6 Å². The summed E-state index contributed by atoms with van der Waals surface area (Å²) in [5.41, 5.74) is 8.86. The molecule has 1 heterocycles. The molecule has 1 saturated carbocycles. The lowest BCUT2D eigenvalue weighted by molar-refractivity contribution is 0.122. The Morgan fingerprint density at radius 2 is 2.00 bits per heavy atom. The van der Waals surface area contributed by atoms with Crippen molar-refractivity contribution in [3.8, 4) is 0 Å². The lowest BCUT2D eigenvalue weighted by Crippen LogP contribution is -2.44. The molecule has 0 radical (unpaired) electrons. The van der Waals surface area contributed by atoms with Crippen molar-refractivity contribution in [3.05, 3.63) is 28.8 Å². The van der Waals surface area contributed by atoms with E-state index >= 15 is 0 Å². The fourth-order valence-corrected chi connectivity index (χ4v) is 3.37. The average molecular weight is 281 g/mol. The van der Waals surface area contributed by atoms with Crippen LogP contribution in [0, 0.1) is 0 Å². The van der Waals surface area contributed by atoms with E-state index in [1.807, 2.05) is 6.07 Å². The Bertz CT molecular complexity index is 448. The first kappa shape index (κ1) is 13.2. The predicted octanol–water partition coefficient (Wildman–Crippen LogP) is 2.56. The van der Waals surface area contributed by atoms with Crippen molar-refractivity contribution >= 4 is 17.3 Å². The zero-order valence-electron chi connectivity index (χ0n) is 11.2. The first-order valence-corrected chi connectivity index (χ1v) is 7.46. The Morgan fingerprint density at radius 3 is 2.58 bits per heavy atom. The normalized spacial score (nSPS) is 22.1. The molecule has 0 unspecified atom stereocenters. The van der Waals surface area contributed by atoms with Crippen molar-refractivity contribution in [2.75, 3.05) is 37.7 Å². The highest BCUT2D eigenvalue weighted by Gasteiger charge is 2.39. The summed E-state index contributed by atoms with van der Waals surface area (Å²) in [7, 11) is 0. The van der Waals surface area contributed by atoms with Gasteiger partial charge in [0.25, 0.3) is 0 Å². The largest absolute Gasteiger partial charge is 0.378 e. The molecule has 2 N–H and O–H groups in total. The molecule has 0 bridgehead atoms. The van der Waals surface area contributed by atoms with E-state index in [2.05, 4.69) is 17.0 Å². The van der Waals surface area contributed by atoms with E-state index in [0.717, 1.165) is 31.3 Å². The molecule has 3 nitrogen and oxygen atoms in total.